The highest BCUT2D eigenvalue weighted by Crippen LogP contribution is 2.16. The lowest BCUT2D eigenvalue weighted by atomic mass is 10.2. The quantitative estimate of drug-likeness (QED) is 0.735. The fourth-order valence-electron chi connectivity index (χ4n) is 1.87. The molecule has 2 aromatic rings. The second-order valence-electron chi connectivity index (χ2n) is 5.42. The molecule has 3 heteroatoms. The van der Waals surface area contributed by atoms with E-state index in [1.54, 1.807) is 24.3 Å². The van der Waals surface area contributed by atoms with Gasteiger partial charge in [0.2, 0.25) is 0 Å². The second kappa shape index (κ2) is 7.64. The van der Waals surface area contributed by atoms with Gasteiger partial charge in [-0.05, 0) is 50.1 Å². The van der Waals surface area contributed by atoms with E-state index in [1.165, 1.54) is 5.56 Å². The van der Waals surface area contributed by atoms with Crippen LogP contribution in [0, 0.1) is 6.92 Å². The molecule has 0 radical (unpaired) electrons. The minimum atomic E-state index is -0.292. The van der Waals surface area contributed by atoms with Crippen molar-refractivity contribution in [3.8, 4) is 5.75 Å². The molecular weight excluding hydrogens is 276 g/mol. The summed E-state index contributed by atoms with van der Waals surface area (Å²) in [4.78, 5) is 11.9. The Kier molecular flexibility index (Phi) is 5.59. The van der Waals surface area contributed by atoms with Gasteiger partial charge in [-0.25, -0.2) is 4.79 Å². The van der Waals surface area contributed by atoms with Crippen LogP contribution in [-0.4, -0.2) is 12.1 Å². The maximum absolute atomic E-state index is 11.9. The first-order valence-corrected chi connectivity index (χ1v) is 7.58. The number of carbonyl (C=O) groups excluding carboxylic acids is 1. The lowest BCUT2D eigenvalue weighted by molar-refractivity contribution is 0.0334. The van der Waals surface area contributed by atoms with E-state index < -0.39 is 0 Å². The van der Waals surface area contributed by atoms with Crippen LogP contribution in [0.4, 0.5) is 0 Å². The molecule has 2 aromatic carbocycles. The summed E-state index contributed by atoms with van der Waals surface area (Å²) in [6.07, 6.45) is 0.744. The van der Waals surface area contributed by atoms with E-state index in [4.69, 9.17) is 9.47 Å². The molecule has 0 aliphatic heterocycles. The van der Waals surface area contributed by atoms with Crippen molar-refractivity contribution in [1.29, 1.82) is 0 Å². The molecule has 0 spiro atoms. The number of rotatable bonds is 6. The average molecular weight is 298 g/mol. The third-order valence-electron chi connectivity index (χ3n) is 3.50. The van der Waals surface area contributed by atoms with Gasteiger partial charge in [-0.15, -0.1) is 0 Å². The van der Waals surface area contributed by atoms with E-state index in [0.717, 1.165) is 17.7 Å². The van der Waals surface area contributed by atoms with E-state index in [2.05, 4.69) is 19.1 Å². The first kappa shape index (κ1) is 16.1. The minimum Gasteiger partial charge on any atom is -0.489 e. The fourth-order valence-corrected chi connectivity index (χ4v) is 1.87. The number of benzene rings is 2. The predicted octanol–water partition coefficient (Wildman–Crippen LogP) is 4.53. The summed E-state index contributed by atoms with van der Waals surface area (Å²) >= 11 is 0. The van der Waals surface area contributed by atoms with Crippen molar-refractivity contribution in [3.05, 3.63) is 65.2 Å². The van der Waals surface area contributed by atoms with Gasteiger partial charge in [0.25, 0.3) is 0 Å². The summed E-state index contributed by atoms with van der Waals surface area (Å²) in [5, 5.41) is 0. The number of carbonyl (C=O) groups is 1. The van der Waals surface area contributed by atoms with Crippen LogP contribution >= 0.6 is 0 Å². The second-order valence-corrected chi connectivity index (χ2v) is 5.42. The Morgan fingerprint density at radius 1 is 1.05 bits per heavy atom. The molecule has 0 saturated carbocycles. The molecule has 0 bridgehead atoms. The van der Waals surface area contributed by atoms with Crippen LogP contribution in [0.3, 0.4) is 0 Å². The zero-order chi connectivity index (χ0) is 15.9. The lowest BCUT2D eigenvalue weighted by Gasteiger charge is -2.11. The lowest BCUT2D eigenvalue weighted by Crippen LogP contribution is -2.13. The van der Waals surface area contributed by atoms with Gasteiger partial charge in [0.15, 0.2) is 0 Å². The molecule has 3 nitrogen and oxygen atoms in total. The summed E-state index contributed by atoms with van der Waals surface area (Å²) in [7, 11) is 0. The highest BCUT2D eigenvalue weighted by atomic mass is 16.5. The predicted molar refractivity (Wildman–Crippen MR) is 87.1 cm³/mol. The molecule has 1 unspecified atom stereocenters. The first-order valence-electron chi connectivity index (χ1n) is 7.58. The van der Waals surface area contributed by atoms with Crippen molar-refractivity contribution in [2.45, 2.75) is 39.9 Å². The number of esters is 1. The van der Waals surface area contributed by atoms with Gasteiger partial charge in [-0.1, -0.05) is 36.8 Å². The number of hydrogen-bond donors (Lipinski definition) is 0. The van der Waals surface area contributed by atoms with E-state index in [0.29, 0.717) is 12.2 Å². The molecule has 22 heavy (non-hydrogen) atoms. The fraction of sp³-hybridized carbons (Fsp3) is 0.316. The van der Waals surface area contributed by atoms with Crippen LogP contribution in [0.25, 0.3) is 0 Å². The normalized spacial score (nSPS) is 11.8. The average Bonchev–Trinajstić information content (AvgIpc) is 2.54. The molecule has 0 heterocycles. The molecule has 116 valence electrons. The minimum absolute atomic E-state index is 0.0648. The highest BCUT2D eigenvalue weighted by molar-refractivity contribution is 5.89. The van der Waals surface area contributed by atoms with E-state index in [1.807, 2.05) is 26.0 Å². The van der Waals surface area contributed by atoms with Crippen LogP contribution in [-0.2, 0) is 11.3 Å². The first-order chi connectivity index (χ1) is 10.6. The van der Waals surface area contributed by atoms with Crippen molar-refractivity contribution in [2.75, 3.05) is 0 Å². The Bertz CT molecular complexity index is 600. The van der Waals surface area contributed by atoms with Crippen LogP contribution in [0.5, 0.6) is 5.75 Å². The molecule has 1 atom stereocenters. The highest BCUT2D eigenvalue weighted by Gasteiger charge is 2.10. The van der Waals surface area contributed by atoms with E-state index in [9.17, 15) is 4.79 Å². The topological polar surface area (TPSA) is 35.5 Å². The van der Waals surface area contributed by atoms with Crippen LogP contribution in [0.1, 0.15) is 41.8 Å². The zero-order valence-corrected chi connectivity index (χ0v) is 13.3. The molecule has 0 saturated heterocycles. The summed E-state index contributed by atoms with van der Waals surface area (Å²) < 4.78 is 11.0. The zero-order valence-electron chi connectivity index (χ0n) is 13.3. The Hall–Kier alpha value is -2.29. The van der Waals surface area contributed by atoms with Gasteiger partial charge in [0, 0.05) is 0 Å². The largest absolute Gasteiger partial charge is 0.489 e. The van der Waals surface area contributed by atoms with Gasteiger partial charge in [-0.3, -0.25) is 0 Å². The molecule has 2 rings (SSSR count). The number of aryl methyl sites for hydroxylation is 1. The van der Waals surface area contributed by atoms with Gasteiger partial charge >= 0.3 is 5.97 Å². The van der Waals surface area contributed by atoms with Crippen molar-refractivity contribution in [1.82, 2.24) is 0 Å². The molecule has 0 amide bonds. The molecule has 0 aliphatic rings. The Balaban J connectivity index is 1.91. The maximum Gasteiger partial charge on any atom is 0.338 e. The van der Waals surface area contributed by atoms with Crippen molar-refractivity contribution >= 4 is 5.97 Å². The van der Waals surface area contributed by atoms with Crippen LogP contribution in [0.15, 0.2) is 48.5 Å². The van der Waals surface area contributed by atoms with Crippen LogP contribution < -0.4 is 4.74 Å². The third-order valence-corrected chi connectivity index (χ3v) is 3.50. The van der Waals surface area contributed by atoms with Crippen LogP contribution in [0.2, 0.25) is 0 Å². The van der Waals surface area contributed by atoms with Crippen molar-refractivity contribution in [3.63, 3.8) is 0 Å². The summed E-state index contributed by atoms with van der Waals surface area (Å²) in [5.41, 5.74) is 2.89. The number of ether oxygens (including phenoxy) is 2. The summed E-state index contributed by atoms with van der Waals surface area (Å²) in [6.45, 7) is 6.44. The maximum atomic E-state index is 11.9. The number of hydrogen-bond acceptors (Lipinski definition) is 3. The summed E-state index contributed by atoms with van der Waals surface area (Å²) in [5.74, 6) is 0.445. The molecular formula is C19H22O3. The Morgan fingerprint density at radius 2 is 1.68 bits per heavy atom. The monoisotopic (exact) mass is 298 g/mol. The van der Waals surface area contributed by atoms with Crippen molar-refractivity contribution < 1.29 is 14.3 Å². The standard InChI is InChI=1S/C19H22O3/c1-4-15(3)22-19(20)17-9-11-18(12-10-17)21-13-16-7-5-14(2)6-8-16/h5-12,15H,4,13H2,1-3H3. The Morgan fingerprint density at radius 3 is 2.27 bits per heavy atom. The van der Waals surface area contributed by atoms with E-state index in [-0.39, 0.29) is 12.1 Å². The molecule has 0 aromatic heterocycles. The molecule has 0 aliphatic carbocycles. The smallest absolute Gasteiger partial charge is 0.338 e. The van der Waals surface area contributed by atoms with Gasteiger partial charge in [0.1, 0.15) is 12.4 Å². The van der Waals surface area contributed by atoms with E-state index >= 15 is 0 Å². The third kappa shape index (κ3) is 4.62. The van der Waals surface area contributed by atoms with Gasteiger partial charge in [0.05, 0.1) is 11.7 Å². The molecule has 0 fully saturated rings. The SMILES string of the molecule is CCC(C)OC(=O)c1ccc(OCc2ccc(C)cc2)cc1. The van der Waals surface area contributed by atoms with Gasteiger partial charge < -0.3 is 9.47 Å². The Labute approximate surface area is 131 Å². The molecule has 0 N–H and O–H groups in total. The van der Waals surface area contributed by atoms with Crippen molar-refractivity contribution in [2.24, 2.45) is 0 Å². The summed E-state index contributed by atoms with van der Waals surface area (Å²) in [6, 6.07) is 15.3. The van der Waals surface area contributed by atoms with Gasteiger partial charge in [-0.2, -0.15) is 0 Å².